The maximum atomic E-state index is 13.5. The average molecular weight is 535 g/mol. The molecule has 2 aromatic rings. The third-order valence-corrected chi connectivity index (χ3v) is 7.06. The third-order valence-electron chi connectivity index (χ3n) is 5.11. The SMILES string of the molecule is CC[C@@H](C(=O)NC)N(Cc1ccc(Cl)cc1Cl)C(=O)CN(c1cc(Cl)ccc1C)S(C)(=O)=O. The molecule has 0 radical (unpaired) electrons. The molecule has 0 unspecified atom stereocenters. The van der Waals surface area contributed by atoms with Crippen LogP contribution >= 0.6 is 34.8 Å². The maximum absolute atomic E-state index is 13.5. The Morgan fingerprint density at radius 3 is 2.21 bits per heavy atom. The van der Waals surface area contributed by atoms with Crippen molar-refractivity contribution in [3.8, 4) is 0 Å². The number of hydrogen-bond donors (Lipinski definition) is 1. The van der Waals surface area contributed by atoms with Crippen LogP contribution in [0.2, 0.25) is 15.1 Å². The number of aryl methyl sites for hydroxylation is 1. The molecular formula is C22H26Cl3N3O4S. The monoisotopic (exact) mass is 533 g/mol. The Morgan fingerprint density at radius 1 is 1.06 bits per heavy atom. The van der Waals surface area contributed by atoms with Crippen molar-refractivity contribution in [2.24, 2.45) is 0 Å². The van der Waals surface area contributed by atoms with Gasteiger partial charge < -0.3 is 10.2 Å². The lowest BCUT2D eigenvalue weighted by atomic mass is 10.1. The summed E-state index contributed by atoms with van der Waals surface area (Å²) in [5.41, 5.74) is 1.49. The summed E-state index contributed by atoms with van der Waals surface area (Å²) in [6.45, 7) is 2.96. The van der Waals surface area contributed by atoms with Gasteiger partial charge in [-0.25, -0.2) is 8.42 Å². The largest absolute Gasteiger partial charge is 0.357 e. The van der Waals surface area contributed by atoms with Crippen molar-refractivity contribution in [1.29, 1.82) is 0 Å². The number of anilines is 1. The first-order valence-corrected chi connectivity index (χ1v) is 13.1. The van der Waals surface area contributed by atoms with Crippen molar-refractivity contribution in [2.75, 3.05) is 24.2 Å². The fourth-order valence-electron chi connectivity index (χ4n) is 3.37. The molecule has 33 heavy (non-hydrogen) atoms. The number of sulfonamides is 1. The summed E-state index contributed by atoms with van der Waals surface area (Å²) in [6, 6.07) is 8.79. The van der Waals surface area contributed by atoms with Gasteiger partial charge in [0.05, 0.1) is 11.9 Å². The molecule has 0 aliphatic carbocycles. The number of likely N-dealkylation sites (N-methyl/N-ethyl adjacent to an activating group) is 1. The number of nitrogens with zero attached hydrogens (tertiary/aromatic N) is 2. The van der Waals surface area contributed by atoms with Crippen LogP contribution in [0.25, 0.3) is 0 Å². The van der Waals surface area contributed by atoms with E-state index in [9.17, 15) is 18.0 Å². The van der Waals surface area contributed by atoms with Crippen molar-refractivity contribution in [3.05, 3.63) is 62.6 Å². The lowest BCUT2D eigenvalue weighted by Gasteiger charge is -2.33. The molecule has 0 spiro atoms. The van der Waals surface area contributed by atoms with Gasteiger partial charge in [0.2, 0.25) is 21.8 Å². The highest BCUT2D eigenvalue weighted by atomic mass is 35.5. The summed E-state index contributed by atoms with van der Waals surface area (Å²) in [6.07, 6.45) is 1.32. The van der Waals surface area contributed by atoms with Crippen LogP contribution in [0, 0.1) is 6.92 Å². The lowest BCUT2D eigenvalue weighted by Crippen LogP contribution is -2.51. The van der Waals surface area contributed by atoms with Gasteiger partial charge in [0.1, 0.15) is 12.6 Å². The fourth-order valence-corrected chi connectivity index (χ4v) is 4.90. The zero-order valence-corrected chi connectivity index (χ0v) is 21.8. The maximum Gasteiger partial charge on any atom is 0.244 e. The first-order chi connectivity index (χ1) is 15.4. The van der Waals surface area contributed by atoms with Crippen LogP contribution in [0.4, 0.5) is 5.69 Å². The molecule has 2 amide bonds. The van der Waals surface area contributed by atoms with Crippen molar-refractivity contribution in [3.63, 3.8) is 0 Å². The molecule has 7 nitrogen and oxygen atoms in total. The molecule has 2 aromatic carbocycles. The molecule has 0 aromatic heterocycles. The van der Waals surface area contributed by atoms with Gasteiger partial charge in [-0.05, 0) is 48.7 Å². The van der Waals surface area contributed by atoms with Gasteiger partial charge in [0.15, 0.2) is 0 Å². The van der Waals surface area contributed by atoms with Gasteiger partial charge in [-0.1, -0.05) is 53.9 Å². The molecule has 1 N–H and O–H groups in total. The van der Waals surface area contributed by atoms with Crippen molar-refractivity contribution in [2.45, 2.75) is 32.9 Å². The second kappa shape index (κ2) is 11.4. The second-order valence-electron chi connectivity index (χ2n) is 7.50. The molecule has 0 aliphatic heterocycles. The van der Waals surface area contributed by atoms with Crippen LogP contribution in [-0.4, -0.2) is 51.0 Å². The molecule has 11 heteroatoms. The number of carbonyl (C=O) groups is 2. The minimum Gasteiger partial charge on any atom is -0.357 e. The van der Waals surface area contributed by atoms with Crippen LogP contribution in [0.5, 0.6) is 0 Å². The summed E-state index contributed by atoms with van der Waals surface area (Å²) in [5.74, 6) is -0.943. The lowest BCUT2D eigenvalue weighted by molar-refractivity contribution is -0.140. The standard InChI is InChI=1S/C22H26Cl3N3O4S/c1-5-19(22(30)26-3)27(12-15-7-9-16(23)10-18(15)25)21(29)13-28(33(4,31)32)20-11-17(24)8-6-14(20)2/h6-11,19H,5,12-13H2,1-4H3,(H,26,30)/t19-/m0/s1. The van der Waals surface area contributed by atoms with Crippen LogP contribution in [0.3, 0.4) is 0 Å². The van der Waals surface area contributed by atoms with E-state index >= 15 is 0 Å². The van der Waals surface area contributed by atoms with Crippen molar-refractivity contribution < 1.29 is 18.0 Å². The molecule has 0 fully saturated rings. The normalized spacial score (nSPS) is 12.2. The smallest absolute Gasteiger partial charge is 0.244 e. The topological polar surface area (TPSA) is 86.8 Å². The van der Waals surface area contributed by atoms with Crippen molar-refractivity contribution >= 4 is 62.3 Å². The zero-order valence-electron chi connectivity index (χ0n) is 18.7. The van der Waals surface area contributed by atoms with Crippen LogP contribution < -0.4 is 9.62 Å². The minimum absolute atomic E-state index is 0.00705. The highest BCUT2D eigenvalue weighted by molar-refractivity contribution is 7.92. The minimum atomic E-state index is -3.85. The quantitative estimate of drug-likeness (QED) is 0.520. The Morgan fingerprint density at radius 2 is 1.67 bits per heavy atom. The summed E-state index contributed by atoms with van der Waals surface area (Å²) >= 11 is 18.4. The molecule has 0 aliphatic rings. The van der Waals surface area contributed by atoms with E-state index in [1.54, 1.807) is 44.2 Å². The average Bonchev–Trinajstić information content (AvgIpc) is 2.74. The Balaban J connectivity index is 2.51. The molecule has 2 rings (SSSR count). The number of rotatable bonds is 9. The predicted molar refractivity (Wildman–Crippen MR) is 134 cm³/mol. The third kappa shape index (κ3) is 6.99. The van der Waals surface area contributed by atoms with E-state index in [1.807, 2.05) is 0 Å². The second-order valence-corrected chi connectivity index (χ2v) is 10.7. The van der Waals surface area contributed by atoms with E-state index in [0.717, 1.165) is 10.6 Å². The van der Waals surface area contributed by atoms with E-state index in [-0.39, 0.29) is 18.1 Å². The van der Waals surface area contributed by atoms with Crippen LogP contribution in [-0.2, 0) is 26.2 Å². The van der Waals surface area contributed by atoms with Crippen molar-refractivity contribution in [1.82, 2.24) is 10.2 Å². The highest BCUT2D eigenvalue weighted by Crippen LogP contribution is 2.28. The molecule has 180 valence electrons. The summed E-state index contributed by atoms with van der Waals surface area (Å²) in [5, 5.41) is 3.65. The van der Waals surface area contributed by atoms with Gasteiger partial charge in [-0.15, -0.1) is 0 Å². The van der Waals surface area contributed by atoms with Gasteiger partial charge in [0.25, 0.3) is 0 Å². The summed E-state index contributed by atoms with van der Waals surface area (Å²) < 4.78 is 26.2. The Labute approximate surface area is 209 Å². The number of nitrogens with one attached hydrogen (secondary N) is 1. The molecule has 0 bridgehead atoms. The van der Waals surface area contributed by atoms with E-state index in [4.69, 9.17) is 34.8 Å². The Hall–Kier alpha value is -2.00. The first-order valence-electron chi connectivity index (χ1n) is 10.1. The molecule has 0 saturated carbocycles. The molecule has 0 heterocycles. The number of halogens is 3. The van der Waals surface area contributed by atoms with Gasteiger partial charge >= 0.3 is 0 Å². The zero-order chi connectivity index (χ0) is 24.9. The summed E-state index contributed by atoms with van der Waals surface area (Å²) in [4.78, 5) is 27.4. The summed E-state index contributed by atoms with van der Waals surface area (Å²) in [7, 11) is -2.37. The first kappa shape index (κ1) is 27.2. The van der Waals surface area contributed by atoms with E-state index in [0.29, 0.717) is 32.6 Å². The van der Waals surface area contributed by atoms with Gasteiger partial charge in [-0.3, -0.25) is 13.9 Å². The van der Waals surface area contributed by atoms with E-state index in [1.165, 1.54) is 18.0 Å². The predicted octanol–water partition coefficient (Wildman–Crippen LogP) is 4.27. The highest BCUT2D eigenvalue weighted by Gasteiger charge is 2.32. The Bertz CT molecular complexity index is 1140. The van der Waals surface area contributed by atoms with Crippen LogP contribution in [0.15, 0.2) is 36.4 Å². The van der Waals surface area contributed by atoms with Gasteiger partial charge in [-0.2, -0.15) is 0 Å². The van der Waals surface area contributed by atoms with Gasteiger partial charge in [0, 0.05) is 28.7 Å². The number of amides is 2. The number of hydrogen-bond acceptors (Lipinski definition) is 4. The Kier molecular flexibility index (Phi) is 9.43. The molecule has 1 atom stereocenters. The number of carbonyl (C=O) groups excluding carboxylic acids is 2. The van der Waals surface area contributed by atoms with Crippen LogP contribution in [0.1, 0.15) is 24.5 Å². The van der Waals surface area contributed by atoms with E-state index < -0.39 is 28.5 Å². The fraction of sp³-hybridized carbons (Fsp3) is 0.364. The van der Waals surface area contributed by atoms with E-state index in [2.05, 4.69) is 5.32 Å². The molecular weight excluding hydrogens is 509 g/mol. The molecule has 0 saturated heterocycles. The number of benzene rings is 2.